The van der Waals surface area contributed by atoms with Crippen LogP contribution in [0.5, 0.6) is 0 Å². The molecule has 0 saturated heterocycles. The minimum Gasteiger partial charge on any atom is -0.148 e. The van der Waals surface area contributed by atoms with Gasteiger partial charge in [-0.1, -0.05) is 76.7 Å². The van der Waals surface area contributed by atoms with Crippen LogP contribution in [0.2, 0.25) is 0 Å². The number of thiophene rings is 2. The first-order valence-corrected chi connectivity index (χ1v) is 10.8. The van der Waals surface area contributed by atoms with E-state index < -0.39 is 0 Å². The first-order chi connectivity index (χ1) is 10.9. The van der Waals surface area contributed by atoms with Gasteiger partial charge in [0, 0.05) is 9.75 Å². The topological polar surface area (TPSA) is 0 Å². The molecule has 2 heterocycles. The van der Waals surface area contributed by atoms with E-state index in [2.05, 4.69) is 92.1 Å². The lowest BCUT2D eigenvalue weighted by atomic mass is 9.85. The van der Waals surface area contributed by atoms with Crippen molar-refractivity contribution in [3.63, 3.8) is 0 Å². The molecular weight excluding hydrogens is 340 g/mol. The lowest BCUT2D eigenvalue weighted by Crippen LogP contribution is -2.12. The Bertz CT molecular complexity index is 557. The highest BCUT2D eigenvalue weighted by molar-refractivity contribution is 7.10. The average Bonchev–Trinajstić information content (AvgIpc) is 3.07. The van der Waals surface area contributed by atoms with Gasteiger partial charge in [0.25, 0.3) is 0 Å². The molecule has 0 amide bonds. The minimum absolute atomic E-state index is 0. The number of rotatable bonds is 2. The average molecular weight is 381 g/mol. The van der Waals surface area contributed by atoms with Gasteiger partial charge in [0.2, 0.25) is 0 Å². The van der Waals surface area contributed by atoms with Crippen molar-refractivity contribution >= 4 is 22.7 Å². The van der Waals surface area contributed by atoms with Crippen LogP contribution in [0, 0.1) is 0 Å². The van der Waals surface area contributed by atoms with E-state index >= 15 is 0 Å². The van der Waals surface area contributed by atoms with Gasteiger partial charge in [0.1, 0.15) is 0 Å². The summed E-state index contributed by atoms with van der Waals surface area (Å²) in [4.78, 5) is 3.08. The summed E-state index contributed by atoms with van der Waals surface area (Å²) in [5, 5.41) is 4.41. The van der Waals surface area contributed by atoms with Crippen LogP contribution in [-0.4, -0.2) is 0 Å². The maximum absolute atomic E-state index is 2.28. The fourth-order valence-electron chi connectivity index (χ4n) is 2.77. The maximum Gasteiger partial charge on any atom is 0.0133 e. The van der Waals surface area contributed by atoms with Gasteiger partial charge in [0.15, 0.2) is 0 Å². The molecule has 0 unspecified atom stereocenters. The Morgan fingerprint density at radius 2 is 1.24 bits per heavy atom. The zero-order valence-corrected chi connectivity index (χ0v) is 18.9. The van der Waals surface area contributed by atoms with Crippen LogP contribution in [0.4, 0.5) is 0 Å². The second-order valence-electron chi connectivity index (χ2n) is 9.21. The van der Waals surface area contributed by atoms with Crippen LogP contribution >= 0.6 is 22.7 Å². The predicted molar refractivity (Wildman–Crippen MR) is 121 cm³/mol. The summed E-state index contributed by atoms with van der Waals surface area (Å²) >= 11 is 3.77. The second kappa shape index (κ2) is 9.37. The summed E-state index contributed by atoms with van der Waals surface area (Å²) in [6.07, 6.45) is 0. The highest BCUT2D eigenvalue weighted by Crippen LogP contribution is 2.35. The summed E-state index contributed by atoms with van der Waals surface area (Å²) in [5.41, 5.74) is 3.66. The summed E-state index contributed by atoms with van der Waals surface area (Å²) in [6, 6.07) is 4.52. The first-order valence-electron chi connectivity index (χ1n) is 9.01. The third-order valence-electron chi connectivity index (χ3n) is 4.03. The van der Waals surface area contributed by atoms with Crippen LogP contribution in [-0.2, 0) is 10.8 Å². The van der Waals surface area contributed by atoms with E-state index in [-0.39, 0.29) is 7.43 Å². The molecule has 144 valence electrons. The highest BCUT2D eigenvalue weighted by atomic mass is 32.1. The van der Waals surface area contributed by atoms with E-state index in [1.807, 2.05) is 22.7 Å². The van der Waals surface area contributed by atoms with Crippen molar-refractivity contribution in [2.45, 2.75) is 99.3 Å². The molecule has 0 aliphatic heterocycles. The molecule has 0 nitrogen and oxygen atoms in total. The lowest BCUT2D eigenvalue weighted by Gasteiger charge is -2.20. The lowest BCUT2D eigenvalue weighted by molar-refractivity contribution is 0.582. The van der Waals surface area contributed by atoms with Gasteiger partial charge in [-0.25, -0.2) is 0 Å². The largest absolute Gasteiger partial charge is 0.148 e. The quantitative estimate of drug-likeness (QED) is 0.487. The Hall–Kier alpha value is -0.600. The van der Waals surface area contributed by atoms with Crippen molar-refractivity contribution in [1.82, 2.24) is 0 Å². The van der Waals surface area contributed by atoms with Crippen LogP contribution in [0.15, 0.2) is 22.9 Å². The number of hydrogen-bond donors (Lipinski definition) is 0. The molecule has 0 aromatic carbocycles. The number of hydrogen-bond acceptors (Lipinski definition) is 2. The summed E-state index contributed by atoms with van der Waals surface area (Å²) in [6.45, 7) is 22.7. The smallest absolute Gasteiger partial charge is 0.0133 e. The molecule has 2 aromatic heterocycles. The normalized spacial score (nSPS) is 12.0. The maximum atomic E-state index is 2.28. The summed E-state index contributed by atoms with van der Waals surface area (Å²) in [5.74, 6) is 1.32. The van der Waals surface area contributed by atoms with E-state index in [0.717, 1.165) is 0 Å². The molecular formula is C23H40S2. The van der Waals surface area contributed by atoms with Gasteiger partial charge in [-0.3, -0.25) is 0 Å². The monoisotopic (exact) mass is 380 g/mol. The zero-order chi connectivity index (χ0) is 18.7. The van der Waals surface area contributed by atoms with E-state index in [1.54, 1.807) is 4.88 Å². The van der Waals surface area contributed by atoms with Gasteiger partial charge in [-0.05, 0) is 56.7 Å². The van der Waals surface area contributed by atoms with Gasteiger partial charge < -0.3 is 0 Å². The van der Waals surface area contributed by atoms with Gasteiger partial charge in [-0.2, -0.15) is 0 Å². The van der Waals surface area contributed by atoms with Crippen molar-refractivity contribution in [1.29, 1.82) is 0 Å². The molecule has 0 saturated carbocycles. The fourth-order valence-corrected chi connectivity index (χ4v) is 5.04. The Morgan fingerprint density at radius 3 is 1.56 bits per heavy atom. The van der Waals surface area contributed by atoms with Gasteiger partial charge in [-0.15, -0.1) is 22.7 Å². The molecule has 2 rings (SSSR count). The molecule has 0 radical (unpaired) electrons. The van der Waals surface area contributed by atoms with Crippen LogP contribution in [0.3, 0.4) is 0 Å². The third kappa shape index (κ3) is 6.90. The van der Waals surface area contributed by atoms with Crippen molar-refractivity contribution in [3.05, 3.63) is 43.8 Å². The first kappa shape index (κ1) is 24.4. The molecule has 0 spiro atoms. The minimum atomic E-state index is 0. The molecule has 0 fully saturated rings. The van der Waals surface area contributed by atoms with Gasteiger partial charge in [0.05, 0.1) is 0 Å². The van der Waals surface area contributed by atoms with Crippen LogP contribution in [0.25, 0.3) is 0 Å². The molecule has 0 atom stereocenters. The molecule has 0 bridgehead atoms. The van der Waals surface area contributed by atoms with Crippen molar-refractivity contribution < 1.29 is 0 Å². The van der Waals surface area contributed by atoms with E-state index in [1.165, 1.54) is 16.0 Å². The molecule has 0 aliphatic carbocycles. The molecule has 25 heavy (non-hydrogen) atoms. The standard InChI is InChI=1S/2C11H18S.CH4/c1-8(2)10-9(6-7-12-10)11(3,4)5;1-8(2)9-6-7-12-10(9)11(3,4)5;/h2*6-8H,1-5H3;1H4. The third-order valence-corrected chi connectivity index (χ3v) is 6.60. The van der Waals surface area contributed by atoms with E-state index in [9.17, 15) is 0 Å². The SMILES string of the molecule is C.CC(C)c1ccsc1C(C)(C)C.CC(C)c1sccc1C(C)(C)C. The predicted octanol–water partition coefficient (Wildman–Crippen LogP) is 8.97. The summed E-state index contributed by atoms with van der Waals surface area (Å²) in [7, 11) is 0. The Kier molecular flexibility index (Phi) is 9.14. The summed E-state index contributed by atoms with van der Waals surface area (Å²) < 4.78 is 0. The van der Waals surface area contributed by atoms with Gasteiger partial charge >= 0.3 is 0 Å². The molecule has 0 aliphatic rings. The Balaban J connectivity index is 0.000000443. The Morgan fingerprint density at radius 1 is 0.720 bits per heavy atom. The Labute approximate surface area is 165 Å². The molecule has 2 heteroatoms. The molecule has 0 N–H and O–H groups in total. The van der Waals surface area contributed by atoms with Crippen molar-refractivity contribution in [3.8, 4) is 0 Å². The van der Waals surface area contributed by atoms with Crippen LogP contribution < -0.4 is 0 Å². The second-order valence-corrected chi connectivity index (χ2v) is 11.1. The van der Waals surface area contributed by atoms with Crippen LogP contribution in [0.1, 0.15) is 109 Å². The molecule has 2 aromatic rings. The fraction of sp³-hybridized carbons (Fsp3) is 0.652. The zero-order valence-electron chi connectivity index (χ0n) is 17.3. The van der Waals surface area contributed by atoms with Crippen molar-refractivity contribution in [2.24, 2.45) is 0 Å². The highest BCUT2D eigenvalue weighted by Gasteiger charge is 2.21. The van der Waals surface area contributed by atoms with E-state index in [0.29, 0.717) is 22.7 Å². The van der Waals surface area contributed by atoms with Crippen molar-refractivity contribution in [2.75, 3.05) is 0 Å². The van der Waals surface area contributed by atoms with E-state index in [4.69, 9.17) is 0 Å².